The van der Waals surface area contributed by atoms with Gasteiger partial charge >= 0.3 is 0 Å². The monoisotopic (exact) mass is 788 g/mol. The van der Waals surface area contributed by atoms with Crippen LogP contribution in [0.15, 0.2) is 54.7 Å². The van der Waals surface area contributed by atoms with Gasteiger partial charge in [-0.2, -0.15) is 5.26 Å². The molecule has 4 aliphatic rings. The number of nitrogens with zero attached hydrogens (tertiary/aromatic N) is 5. The number of piperazine rings is 1. The van der Waals surface area contributed by atoms with Gasteiger partial charge in [-0.1, -0.05) is 27.7 Å². The molecule has 3 aliphatic heterocycles. The van der Waals surface area contributed by atoms with Gasteiger partial charge < -0.3 is 25.2 Å². The summed E-state index contributed by atoms with van der Waals surface area (Å²) >= 11 is 0. The minimum Gasteiger partial charge on any atom is -0.489 e. The number of imide groups is 1. The van der Waals surface area contributed by atoms with Crippen LogP contribution >= 0.6 is 0 Å². The van der Waals surface area contributed by atoms with Crippen LogP contribution in [0.5, 0.6) is 5.75 Å². The number of amides is 4. The van der Waals surface area contributed by atoms with E-state index in [1.54, 1.807) is 12.3 Å². The van der Waals surface area contributed by atoms with Gasteiger partial charge in [0.2, 0.25) is 11.8 Å². The average Bonchev–Trinajstić information content (AvgIpc) is 3.20. The second-order valence-electron chi connectivity index (χ2n) is 17.7. The summed E-state index contributed by atoms with van der Waals surface area (Å²) in [5.41, 5.74) is 4.83. The number of piperidine rings is 2. The molecule has 0 spiro atoms. The third-order valence-electron chi connectivity index (χ3n) is 12.9. The molecule has 0 bridgehead atoms. The van der Waals surface area contributed by atoms with Crippen LogP contribution in [0.25, 0.3) is 0 Å². The lowest BCUT2D eigenvalue weighted by Gasteiger charge is -2.63. The summed E-state index contributed by atoms with van der Waals surface area (Å²) in [6, 6.07) is 17.0. The van der Waals surface area contributed by atoms with Gasteiger partial charge in [-0.15, -0.1) is 0 Å². The van der Waals surface area contributed by atoms with Crippen molar-refractivity contribution in [3.63, 3.8) is 0 Å². The van der Waals surface area contributed by atoms with Crippen molar-refractivity contribution in [2.45, 2.75) is 85.4 Å². The molecule has 1 aliphatic carbocycles. The van der Waals surface area contributed by atoms with Crippen LogP contribution in [0.4, 0.5) is 11.4 Å². The lowest BCUT2D eigenvalue weighted by Crippen LogP contribution is -2.74. The van der Waals surface area contributed by atoms with Gasteiger partial charge in [0.15, 0.2) is 0 Å². The summed E-state index contributed by atoms with van der Waals surface area (Å²) in [6.07, 6.45) is 4.20. The number of carbonyl (C=O) groups is 4. The maximum atomic E-state index is 13.6. The maximum absolute atomic E-state index is 13.6. The van der Waals surface area contributed by atoms with Gasteiger partial charge in [-0.25, -0.2) is 0 Å². The summed E-state index contributed by atoms with van der Waals surface area (Å²) in [4.78, 5) is 61.4. The highest BCUT2D eigenvalue weighted by molar-refractivity contribution is 6.03. The van der Waals surface area contributed by atoms with Crippen molar-refractivity contribution in [1.29, 1.82) is 5.26 Å². The first kappa shape index (κ1) is 40.7. The van der Waals surface area contributed by atoms with Crippen LogP contribution in [0.1, 0.15) is 90.9 Å². The number of rotatable bonds is 10. The molecule has 1 aromatic heterocycles. The topological polar surface area (TPSA) is 160 Å². The van der Waals surface area contributed by atoms with E-state index in [1.807, 2.05) is 44.2 Å². The summed E-state index contributed by atoms with van der Waals surface area (Å²) in [7, 11) is 0. The van der Waals surface area contributed by atoms with Crippen molar-refractivity contribution >= 4 is 35.0 Å². The highest BCUT2D eigenvalue weighted by atomic mass is 16.5. The Hall–Kier alpha value is -5.48. The molecule has 58 heavy (non-hydrogen) atoms. The van der Waals surface area contributed by atoms with Crippen molar-refractivity contribution in [3.8, 4) is 11.8 Å². The molecule has 3 N–H and O–H groups in total. The number of hydrogen-bond acceptors (Lipinski definition) is 10. The molecular weight excluding hydrogens is 733 g/mol. The minimum atomic E-state index is -0.739. The van der Waals surface area contributed by atoms with Gasteiger partial charge in [0, 0.05) is 92.2 Å². The Morgan fingerprint density at radius 1 is 0.845 bits per heavy atom. The number of benzene rings is 2. The number of ether oxygens (including phenoxy) is 1. The zero-order valence-corrected chi connectivity index (χ0v) is 34.6. The van der Waals surface area contributed by atoms with E-state index >= 15 is 0 Å². The molecule has 4 heterocycles. The van der Waals surface area contributed by atoms with Crippen LogP contribution in [0.3, 0.4) is 0 Å². The predicted octanol–water partition coefficient (Wildman–Crippen LogP) is 4.76. The fourth-order valence-electron chi connectivity index (χ4n) is 9.87. The molecule has 0 radical (unpaired) electrons. The van der Waals surface area contributed by atoms with E-state index in [2.05, 4.69) is 81.5 Å². The lowest BCUT2D eigenvalue weighted by atomic mass is 9.49. The summed E-state index contributed by atoms with van der Waals surface area (Å²) in [6.45, 7) is 19.0. The average molecular weight is 789 g/mol. The van der Waals surface area contributed by atoms with Crippen LogP contribution in [0.2, 0.25) is 0 Å². The van der Waals surface area contributed by atoms with Gasteiger partial charge in [0.05, 0.1) is 11.6 Å². The molecule has 1 unspecified atom stereocenters. The van der Waals surface area contributed by atoms with E-state index in [9.17, 15) is 24.4 Å². The molecule has 3 saturated heterocycles. The Morgan fingerprint density at radius 2 is 1.48 bits per heavy atom. The molecule has 2 aromatic carbocycles. The number of aromatic nitrogens is 1. The van der Waals surface area contributed by atoms with E-state index in [4.69, 9.17) is 4.74 Å². The molecule has 13 nitrogen and oxygen atoms in total. The lowest BCUT2D eigenvalue weighted by molar-refractivity contribution is -0.164. The fraction of sp³-hybridized carbons (Fsp3) is 0.511. The number of anilines is 2. The molecule has 13 heteroatoms. The fourth-order valence-corrected chi connectivity index (χ4v) is 9.87. The predicted molar refractivity (Wildman–Crippen MR) is 222 cm³/mol. The maximum Gasteiger partial charge on any atom is 0.270 e. The molecule has 4 fully saturated rings. The van der Waals surface area contributed by atoms with Crippen LogP contribution in [-0.2, 0) is 9.59 Å². The Balaban J connectivity index is 0.850. The highest BCUT2D eigenvalue weighted by Gasteiger charge is 2.64. The Kier molecular flexibility index (Phi) is 11.5. The van der Waals surface area contributed by atoms with Crippen LogP contribution < -0.4 is 30.5 Å². The number of hydrogen-bond donors (Lipinski definition) is 3. The third-order valence-corrected chi connectivity index (χ3v) is 12.9. The number of pyridine rings is 1. The Labute approximate surface area is 341 Å². The standard InChI is InChI=1S/C45H56N8O5/c1-28-23-34(24-29(2)35(28)26-46)58-43-44(3,4)42(45(43,5)6)50-39(55)31-7-9-32(10-8-31)52-17-14-30(15-18-52)27-51-19-21-53(22-20-51)33-13-16-47-37(25-33)41(57)48-36-11-12-38(54)49-40(36)56/h7-10,13,16,23-25,30,36,42-43H,11-12,14-15,17-22,27H2,1-6H3,(H,48,57)(H,50,55)(H,49,54,56)/t36?,42-,43-. The number of aryl methyl sites for hydroxylation is 2. The van der Waals surface area contributed by atoms with Gasteiger partial charge in [-0.05, 0) is 98.7 Å². The van der Waals surface area contributed by atoms with E-state index in [0.29, 0.717) is 17.0 Å². The minimum absolute atomic E-state index is 0.0836. The SMILES string of the molecule is Cc1cc(O[C@H]2C(C)(C)[C@H](NC(=O)c3ccc(N4CCC(CN5CCN(c6ccnc(C(=O)NC7CCC(=O)NC7=O)c6)CC5)CC4)cc3)C2(C)C)cc(C)c1C#N. The smallest absolute Gasteiger partial charge is 0.270 e. The highest BCUT2D eigenvalue weighted by Crippen LogP contribution is 2.55. The second kappa shape index (κ2) is 16.4. The Morgan fingerprint density at radius 3 is 2.10 bits per heavy atom. The molecule has 7 rings (SSSR count). The molecule has 1 atom stereocenters. The van der Waals surface area contributed by atoms with Gasteiger partial charge in [0.25, 0.3) is 11.8 Å². The van der Waals surface area contributed by atoms with Crippen LogP contribution in [0, 0.1) is 41.9 Å². The van der Waals surface area contributed by atoms with Crippen molar-refractivity contribution in [2.75, 3.05) is 55.6 Å². The summed E-state index contributed by atoms with van der Waals surface area (Å²) in [5, 5.41) is 17.8. The quantitative estimate of drug-likeness (QED) is 0.245. The zero-order valence-electron chi connectivity index (χ0n) is 34.6. The first-order valence-corrected chi connectivity index (χ1v) is 20.6. The summed E-state index contributed by atoms with van der Waals surface area (Å²) < 4.78 is 6.55. The molecule has 3 aromatic rings. The van der Waals surface area contributed by atoms with Crippen molar-refractivity contribution < 1.29 is 23.9 Å². The van der Waals surface area contributed by atoms with Gasteiger partial charge in [-0.3, -0.25) is 34.4 Å². The van der Waals surface area contributed by atoms with E-state index < -0.39 is 17.9 Å². The van der Waals surface area contributed by atoms with Crippen LogP contribution in [-0.4, -0.2) is 97.5 Å². The largest absolute Gasteiger partial charge is 0.489 e. The van der Waals surface area contributed by atoms with E-state index in [-0.39, 0.29) is 53.3 Å². The summed E-state index contributed by atoms with van der Waals surface area (Å²) in [5.74, 6) is 0.0550. The van der Waals surface area contributed by atoms with E-state index in [1.165, 1.54) is 0 Å². The van der Waals surface area contributed by atoms with Crippen molar-refractivity contribution in [2.24, 2.45) is 16.7 Å². The Bertz CT molecular complexity index is 2050. The first-order valence-electron chi connectivity index (χ1n) is 20.6. The van der Waals surface area contributed by atoms with E-state index in [0.717, 1.165) is 86.9 Å². The number of carbonyl (C=O) groups excluding carboxylic acids is 4. The number of nitrogens with one attached hydrogen (secondary N) is 3. The number of nitriles is 1. The van der Waals surface area contributed by atoms with Gasteiger partial charge in [0.1, 0.15) is 23.6 Å². The normalized spacial score (nSPS) is 23.3. The molecule has 306 valence electrons. The second-order valence-corrected chi connectivity index (χ2v) is 17.7. The van der Waals surface area contributed by atoms with Crippen molar-refractivity contribution in [3.05, 3.63) is 82.7 Å². The van der Waals surface area contributed by atoms with Crippen molar-refractivity contribution in [1.82, 2.24) is 25.8 Å². The molecular formula is C45H56N8O5. The zero-order chi connectivity index (χ0) is 41.4. The molecule has 1 saturated carbocycles. The molecule has 4 amide bonds. The first-order chi connectivity index (χ1) is 27.6. The third kappa shape index (κ3) is 8.39.